The summed E-state index contributed by atoms with van der Waals surface area (Å²) in [6.07, 6.45) is 0. The third kappa shape index (κ3) is 3.56. The lowest BCUT2D eigenvalue weighted by atomic mass is 9.95. The Labute approximate surface area is 99.6 Å². The van der Waals surface area contributed by atoms with Gasteiger partial charge in [-0.25, -0.2) is 0 Å². The largest absolute Gasteiger partial charge is 0.373 e. The highest BCUT2D eigenvalue weighted by Gasteiger charge is 2.19. The fourth-order valence-corrected chi connectivity index (χ4v) is 1.68. The van der Waals surface area contributed by atoms with Crippen molar-refractivity contribution < 1.29 is 0 Å². The zero-order chi connectivity index (χ0) is 11.5. The second-order valence-electron chi connectivity index (χ2n) is 4.33. The Hall–Kier alpha value is -1.01. The molecule has 0 radical (unpaired) electrons. The highest BCUT2D eigenvalue weighted by Crippen LogP contribution is 2.21. The zero-order valence-corrected chi connectivity index (χ0v) is 10.9. The van der Waals surface area contributed by atoms with Gasteiger partial charge in [-0.3, -0.25) is 0 Å². The Morgan fingerprint density at radius 2 is 1.87 bits per heavy atom. The van der Waals surface area contributed by atoms with E-state index in [1.807, 2.05) is 45.2 Å². The van der Waals surface area contributed by atoms with Gasteiger partial charge >= 0.3 is 0 Å². The summed E-state index contributed by atoms with van der Waals surface area (Å²) in [5.74, 6) is 0. The van der Waals surface area contributed by atoms with E-state index in [0.29, 0.717) is 0 Å². The van der Waals surface area contributed by atoms with Crippen LogP contribution in [0, 0.1) is 16.7 Å². The molecule has 0 saturated heterocycles. The highest BCUT2D eigenvalue weighted by molar-refractivity contribution is 9.10. The molecule has 0 aliphatic carbocycles. The molecule has 0 atom stereocenters. The molecule has 0 spiro atoms. The molecular formula is C12H15BrN2. The number of nitriles is 1. The number of hydrogen-bond acceptors (Lipinski definition) is 2. The van der Waals surface area contributed by atoms with E-state index in [9.17, 15) is 0 Å². The molecule has 0 unspecified atom stereocenters. The van der Waals surface area contributed by atoms with E-state index in [4.69, 9.17) is 5.26 Å². The predicted molar refractivity (Wildman–Crippen MR) is 66.8 cm³/mol. The predicted octanol–water partition coefficient (Wildman–Crippen LogP) is 3.44. The fraction of sp³-hybridized carbons (Fsp3) is 0.417. The van der Waals surface area contributed by atoms with Crippen LogP contribution in [0.25, 0.3) is 0 Å². The second kappa shape index (κ2) is 4.67. The van der Waals surface area contributed by atoms with Crippen molar-refractivity contribution in [2.24, 2.45) is 5.41 Å². The van der Waals surface area contributed by atoms with Crippen molar-refractivity contribution in [2.75, 3.05) is 18.5 Å². The maximum absolute atomic E-state index is 8.95. The molecule has 0 fully saturated rings. The first-order valence-electron chi connectivity index (χ1n) is 4.82. The molecule has 0 aliphatic rings. The molecular weight excluding hydrogens is 252 g/mol. The molecule has 15 heavy (non-hydrogen) atoms. The number of benzene rings is 1. The number of halogens is 1. The summed E-state index contributed by atoms with van der Waals surface area (Å²) in [5, 5.41) is 8.95. The lowest BCUT2D eigenvalue weighted by molar-refractivity contribution is 0.497. The van der Waals surface area contributed by atoms with Crippen LogP contribution >= 0.6 is 15.9 Å². The summed E-state index contributed by atoms with van der Waals surface area (Å²) >= 11 is 3.40. The Kier molecular flexibility index (Phi) is 3.76. The number of rotatable bonds is 3. The Morgan fingerprint density at radius 3 is 2.33 bits per heavy atom. The summed E-state index contributed by atoms with van der Waals surface area (Å²) in [4.78, 5) is 2.09. The lowest BCUT2D eigenvalue weighted by Gasteiger charge is -2.26. The van der Waals surface area contributed by atoms with Crippen molar-refractivity contribution in [3.05, 3.63) is 28.7 Å². The molecule has 0 N–H and O–H groups in total. The van der Waals surface area contributed by atoms with Crippen molar-refractivity contribution in [1.29, 1.82) is 5.26 Å². The summed E-state index contributed by atoms with van der Waals surface area (Å²) < 4.78 is 1.07. The molecule has 3 heteroatoms. The van der Waals surface area contributed by atoms with Crippen molar-refractivity contribution in [3.63, 3.8) is 0 Å². The van der Waals surface area contributed by atoms with Crippen molar-refractivity contribution in [3.8, 4) is 6.07 Å². The van der Waals surface area contributed by atoms with Gasteiger partial charge in [0.1, 0.15) is 0 Å². The minimum absolute atomic E-state index is 0.318. The molecule has 0 aliphatic heterocycles. The van der Waals surface area contributed by atoms with Crippen molar-refractivity contribution in [1.82, 2.24) is 0 Å². The van der Waals surface area contributed by atoms with Crippen LogP contribution in [0.4, 0.5) is 5.69 Å². The second-order valence-corrected chi connectivity index (χ2v) is 5.24. The maximum Gasteiger partial charge on any atom is 0.0702 e. The molecule has 80 valence electrons. The van der Waals surface area contributed by atoms with E-state index in [1.165, 1.54) is 0 Å². The molecule has 1 rings (SSSR count). The molecule has 1 aromatic rings. The highest BCUT2D eigenvalue weighted by atomic mass is 79.9. The Morgan fingerprint density at radius 1 is 1.33 bits per heavy atom. The van der Waals surface area contributed by atoms with Crippen molar-refractivity contribution in [2.45, 2.75) is 13.8 Å². The first-order chi connectivity index (χ1) is 6.94. The first-order valence-corrected chi connectivity index (χ1v) is 5.62. The smallest absolute Gasteiger partial charge is 0.0702 e. The minimum Gasteiger partial charge on any atom is -0.373 e. The summed E-state index contributed by atoms with van der Waals surface area (Å²) in [5.41, 5.74) is 0.809. The van der Waals surface area contributed by atoms with Crippen LogP contribution in [-0.2, 0) is 0 Å². The fourth-order valence-electron chi connectivity index (χ4n) is 1.42. The minimum atomic E-state index is -0.318. The quantitative estimate of drug-likeness (QED) is 0.838. The number of hydrogen-bond donors (Lipinski definition) is 0. The van der Waals surface area contributed by atoms with E-state index in [2.05, 4.69) is 26.9 Å². The third-order valence-electron chi connectivity index (χ3n) is 2.20. The molecule has 0 saturated carbocycles. The van der Waals surface area contributed by atoms with E-state index < -0.39 is 0 Å². The molecule has 0 aromatic heterocycles. The van der Waals surface area contributed by atoms with E-state index in [-0.39, 0.29) is 5.41 Å². The maximum atomic E-state index is 8.95. The van der Waals surface area contributed by atoms with E-state index >= 15 is 0 Å². The lowest BCUT2D eigenvalue weighted by Crippen LogP contribution is -2.30. The summed E-state index contributed by atoms with van der Waals surface area (Å²) in [6.45, 7) is 4.62. The van der Waals surface area contributed by atoms with Gasteiger partial charge in [0.25, 0.3) is 0 Å². The van der Waals surface area contributed by atoms with Gasteiger partial charge in [0.05, 0.1) is 11.5 Å². The van der Waals surface area contributed by atoms with Crippen molar-refractivity contribution >= 4 is 21.6 Å². The normalized spacial score (nSPS) is 10.9. The van der Waals surface area contributed by atoms with Crippen LogP contribution in [-0.4, -0.2) is 13.6 Å². The third-order valence-corrected chi connectivity index (χ3v) is 2.73. The SMILES string of the molecule is CN(CC(C)(C)C#N)c1ccc(Br)cc1. The van der Waals surface area contributed by atoms with Crippen LogP contribution in [0.3, 0.4) is 0 Å². The van der Waals surface area contributed by atoms with Crippen LogP contribution in [0.1, 0.15) is 13.8 Å². The van der Waals surface area contributed by atoms with Gasteiger partial charge in [0.15, 0.2) is 0 Å². The standard InChI is InChI=1S/C12H15BrN2/c1-12(2,8-14)9-15(3)11-6-4-10(13)5-7-11/h4-7H,9H2,1-3H3. The van der Waals surface area contributed by atoms with E-state index in [0.717, 1.165) is 16.7 Å². The van der Waals surface area contributed by atoms with Gasteiger partial charge < -0.3 is 4.90 Å². The average molecular weight is 267 g/mol. The van der Waals surface area contributed by atoms with Crippen LogP contribution in [0.5, 0.6) is 0 Å². The monoisotopic (exact) mass is 266 g/mol. The first kappa shape index (κ1) is 12.1. The van der Waals surface area contributed by atoms with Gasteiger partial charge in [0.2, 0.25) is 0 Å². The number of anilines is 1. The van der Waals surface area contributed by atoms with Gasteiger partial charge in [0, 0.05) is 23.8 Å². The van der Waals surface area contributed by atoms with Gasteiger partial charge in [-0.2, -0.15) is 5.26 Å². The topological polar surface area (TPSA) is 27.0 Å². The molecule has 0 heterocycles. The van der Waals surface area contributed by atoms with Crippen LogP contribution in [0.15, 0.2) is 28.7 Å². The van der Waals surface area contributed by atoms with Gasteiger partial charge in [-0.05, 0) is 38.1 Å². The molecule has 2 nitrogen and oxygen atoms in total. The van der Waals surface area contributed by atoms with Gasteiger partial charge in [-0.15, -0.1) is 0 Å². The average Bonchev–Trinajstić information content (AvgIpc) is 2.18. The Bertz CT molecular complexity index is 362. The van der Waals surface area contributed by atoms with Gasteiger partial charge in [-0.1, -0.05) is 15.9 Å². The van der Waals surface area contributed by atoms with Crippen LogP contribution in [0.2, 0.25) is 0 Å². The molecule has 1 aromatic carbocycles. The van der Waals surface area contributed by atoms with Crippen LogP contribution < -0.4 is 4.90 Å². The van der Waals surface area contributed by atoms with E-state index in [1.54, 1.807) is 0 Å². The zero-order valence-electron chi connectivity index (χ0n) is 9.29. The summed E-state index contributed by atoms with van der Waals surface area (Å²) in [6, 6.07) is 10.4. The molecule has 0 amide bonds. The Balaban J connectivity index is 2.74. The molecule has 0 bridgehead atoms. The summed E-state index contributed by atoms with van der Waals surface area (Å²) in [7, 11) is 2.00. The number of nitrogens with zero attached hydrogens (tertiary/aromatic N) is 2.